The molecule has 0 spiro atoms. The van der Waals surface area contributed by atoms with Gasteiger partial charge in [0, 0.05) is 33.2 Å². The number of rotatable bonds is 4. The highest BCUT2D eigenvalue weighted by molar-refractivity contribution is 9.10. The zero-order chi connectivity index (χ0) is 25.3. The lowest BCUT2D eigenvalue weighted by molar-refractivity contribution is -0.138. The van der Waals surface area contributed by atoms with Gasteiger partial charge in [0.15, 0.2) is 0 Å². The minimum atomic E-state index is -4.85. The molecule has 35 heavy (non-hydrogen) atoms. The molecule has 1 amide bonds. The van der Waals surface area contributed by atoms with Crippen molar-refractivity contribution < 1.29 is 27.5 Å². The van der Waals surface area contributed by atoms with Crippen molar-refractivity contribution in [3.63, 3.8) is 0 Å². The Bertz CT molecular complexity index is 1540. The Labute approximate surface area is 203 Å². The van der Waals surface area contributed by atoms with Crippen LogP contribution in [-0.4, -0.2) is 33.9 Å². The maximum atomic E-state index is 13.5. The summed E-state index contributed by atoms with van der Waals surface area (Å²) in [6.07, 6.45) is -3.24. The number of pyridine rings is 1. The van der Waals surface area contributed by atoms with Gasteiger partial charge in [-0.3, -0.25) is 14.6 Å². The summed E-state index contributed by atoms with van der Waals surface area (Å²) >= 11 is 3.31. The third-order valence-corrected chi connectivity index (χ3v) is 5.38. The Balaban J connectivity index is 1.68. The monoisotopic (exact) mass is 546 g/mol. The van der Waals surface area contributed by atoms with E-state index in [1.807, 2.05) is 0 Å². The number of carbonyl (C=O) groups is 2. The number of hydrogen-bond donors (Lipinski definition) is 1. The topological polar surface area (TPSA) is 103 Å². The van der Waals surface area contributed by atoms with E-state index in [9.17, 15) is 27.6 Å². The number of fused-ring (bicyclic) bond motifs is 1. The van der Waals surface area contributed by atoms with E-state index in [1.165, 1.54) is 18.2 Å². The molecule has 1 N–H and O–H groups in total. The predicted molar refractivity (Wildman–Crippen MR) is 123 cm³/mol. The third-order valence-electron chi connectivity index (χ3n) is 4.94. The average Bonchev–Trinajstić information content (AvgIpc) is 2.83. The molecule has 2 heterocycles. The lowest BCUT2D eigenvalue weighted by Gasteiger charge is -2.14. The maximum Gasteiger partial charge on any atom is 0.417 e. The molecule has 178 valence electrons. The van der Waals surface area contributed by atoms with Crippen LogP contribution in [0.4, 0.5) is 13.2 Å². The van der Waals surface area contributed by atoms with Crippen LogP contribution >= 0.6 is 15.9 Å². The number of aromatic nitrogens is 3. The number of methoxy groups -OCH3 is 1. The van der Waals surface area contributed by atoms with Gasteiger partial charge in [0.2, 0.25) is 0 Å². The van der Waals surface area contributed by atoms with E-state index in [0.717, 1.165) is 25.3 Å². The first kappa shape index (κ1) is 24.1. The molecule has 0 saturated heterocycles. The molecule has 0 radical (unpaired) electrons. The molecule has 8 nitrogen and oxygen atoms in total. The quantitative estimate of drug-likeness (QED) is 0.380. The number of benzene rings is 2. The molecule has 0 unspecified atom stereocenters. The molecule has 0 fully saturated rings. The predicted octanol–water partition coefficient (Wildman–Crippen LogP) is 4.41. The van der Waals surface area contributed by atoms with Gasteiger partial charge >= 0.3 is 12.1 Å². The van der Waals surface area contributed by atoms with E-state index in [0.29, 0.717) is 20.2 Å². The molecular weight excluding hydrogens is 533 g/mol. The van der Waals surface area contributed by atoms with Gasteiger partial charge in [-0.2, -0.15) is 13.2 Å². The van der Waals surface area contributed by atoms with E-state index in [1.54, 1.807) is 24.4 Å². The second-order valence-corrected chi connectivity index (χ2v) is 8.14. The first-order valence-corrected chi connectivity index (χ1v) is 10.6. The van der Waals surface area contributed by atoms with Crippen molar-refractivity contribution in [2.45, 2.75) is 6.18 Å². The summed E-state index contributed by atoms with van der Waals surface area (Å²) in [6, 6.07) is 11.6. The fourth-order valence-corrected chi connectivity index (χ4v) is 3.63. The van der Waals surface area contributed by atoms with Crippen LogP contribution in [0, 0.1) is 0 Å². The number of halogens is 4. The minimum Gasteiger partial charge on any atom is -0.465 e. The second kappa shape index (κ2) is 9.29. The van der Waals surface area contributed by atoms with Gasteiger partial charge in [-0.25, -0.2) is 10.2 Å². The van der Waals surface area contributed by atoms with Crippen molar-refractivity contribution in [3.05, 3.63) is 92.3 Å². The third kappa shape index (κ3) is 5.06. The highest BCUT2D eigenvalue weighted by Gasteiger charge is 2.36. The molecule has 4 rings (SSSR count). The first-order valence-electron chi connectivity index (χ1n) is 9.84. The molecule has 0 aliphatic carbocycles. The van der Waals surface area contributed by atoms with Crippen LogP contribution in [0.15, 0.2) is 70.1 Å². The lowest BCUT2D eigenvalue weighted by Crippen LogP contribution is -2.34. The van der Waals surface area contributed by atoms with E-state index < -0.39 is 34.7 Å². The number of nitrogens with zero attached hydrogens (tertiary/aromatic N) is 3. The fourth-order valence-electron chi connectivity index (χ4n) is 3.28. The average molecular weight is 547 g/mol. The van der Waals surface area contributed by atoms with Crippen molar-refractivity contribution in [2.75, 3.05) is 12.5 Å². The SMILES string of the molecule is COC(=O)c1ccc(-c2ccc(=O)n(NC(=O)c3ccc4ncc(Br)cc4c3)n2)cc1C(F)(F)F. The van der Waals surface area contributed by atoms with E-state index >= 15 is 0 Å². The number of amides is 1. The van der Waals surface area contributed by atoms with Crippen LogP contribution < -0.4 is 11.0 Å². The van der Waals surface area contributed by atoms with Gasteiger partial charge < -0.3 is 4.74 Å². The van der Waals surface area contributed by atoms with Crippen LogP contribution in [0.5, 0.6) is 0 Å². The Morgan fingerprint density at radius 3 is 2.54 bits per heavy atom. The maximum absolute atomic E-state index is 13.5. The van der Waals surface area contributed by atoms with E-state index in [-0.39, 0.29) is 16.8 Å². The van der Waals surface area contributed by atoms with Crippen LogP contribution in [0.2, 0.25) is 0 Å². The Morgan fingerprint density at radius 2 is 1.83 bits per heavy atom. The summed E-state index contributed by atoms with van der Waals surface area (Å²) in [6.45, 7) is 0. The minimum absolute atomic E-state index is 0.0328. The summed E-state index contributed by atoms with van der Waals surface area (Å²) in [5.41, 5.74) is 0.509. The van der Waals surface area contributed by atoms with Crippen molar-refractivity contribution in [1.82, 2.24) is 14.9 Å². The fraction of sp³-hybridized carbons (Fsp3) is 0.0870. The van der Waals surface area contributed by atoms with Crippen molar-refractivity contribution >= 4 is 38.7 Å². The molecule has 12 heteroatoms. The smallest absolute Gasteiger partial charge is 0.417 e. The number of hydrogen-bond acceptors (Lipinski definition) is 6. The molecule has 0 aliphatic rings. The zero-order valence-corrected chi connectivity index (χ0v) is 19.3. The van der Waals surface area contributed by atoms with Crippen LogP contribution in [0.1, 0.15) is 26.3 Å². The van der Waals surface area contributed by atoms with Gasteiger partial charge in [-0.15, -0.1) is 9.89 Å². The van der Waals surface area contributed by atoms with Gasteiger partial charge in [0.25, 0.3) is 11.5 Å². The zero-order valence-electron chi connectivity index (χ0n) is 17.8. The van der Waals surface area contributed by atoms with E-state index in [4.69, 9.17) is 0 Å². The summed E-state index contributed by atoms with van der Waals surface area (Å²) in [5.74, 6) is -1.82. The summed E-state index contributed by atoms with van der Waals surface area (Å²) in [5, 5.41) is 4.64. The van der Waals surface area contributed by atoms with Crippen molar-refractivity contribution in [2.24, 2.45) is 0 Å². The Morgan fingerprint density at radius 1 is 1.06 bits per heavy atom. The summed E-state index contributed by atoms with van der Waals surface area (Å²) in [7, 11) is 0.974. The highest BCUT2D eigenvalue weighted by Crippen LogP contribution is 2.35. The number of nitrogens with one attached hydrogen (secondary N) is 1. The van der Waals surface area contributed by atoms with Gasteiger partial charge in [-0.05, 0) is 58.4 Å². The number of esters is 1. The van der Waals surface area contributed by atoms with Gasteiger partial charge in [0.1, 0.15) is 0 Å². The number of alkyl halides is 3. The van der Waals surface area contributed by atoms with Crippen LogP contribution in [0.3, 0.4) is 0 Å². The lowest BCUT2D eigenvalue weighted by atomic mass is 10.0. The van der Waals surface area contributed by atoms with Crippen LogP contribution in [0.25, 0.3) is 22.2 Å². The summed E-state index contributed by atoms with van der Waals surface area (Å²) in [4.78, 5) is 41.6. The molecule has 0 aliphatic heterocycles. The summed E-state index contributed by atoms with van der Waals surface area (Å²) < 4.78 is 45.7. The van der Waals surface area contributed by atoms with Gasteiger partial charge in [0.05, 0.1) is 29.4 Å². The largest absolute Gasteiger partial charge is 0.465 e. The van der Waals surface area contributed by atoms with Crippen LogP contribution in [-0.2, 0) is 10.9 Å². The van der Waals surface area contributed by atoms with Crippen molar-refractivity contribution in [3.8, 4) is 11.3 Å². The molecular formula is C23H14BrF3N4O4. The number of ether oxygens (including phenoxy) is 1. The normalized spacial score (nSPS) is 11.3. The number of carbonyl (C=O) groups excluding carboxylic acids is 2. The molecule has 0 bridgehead atoms. The van der Waals surface area contributed by atoms with Gasteiger partial charge in [-0.1, -0.05) is 6.07 Å². The first-order chi connectivity index (χ1) is 16.6. The van der Waals surface area contributed by atoms with E-state index in [2.05, 4.69) is 36.2 Å². The molecule has 0 atom stereocenters. The second-order valence-electron chi connectivity index (χ2n) is 7.22. The van der Waals surface area contributed by atoms with Crippen molar-refractivity contribution in [1.29, 1.82) is 0 Å². The molecule has 2 aromatic carbocycles. The Hall–Kier alpha value is -4.06. The molecule has 2 aromatic heterocycles. The molecule has 0 saturated carbocycles. The highest BCUT2D eigenvalue weighted by atomic mass is 79.9. The molecule has 4 aromatic rings. The standard InChI is InChI=1S/C23H14BrF3N4O4/c1-35-22(34)16-4-2-12(10-17(16)23(25,26)27)19-6-7-20(32)31(29-19)30-21(33)13-3-5-18-14(8-13)9-15(24)11-28-18/h2-11H,1H3,(H,30,33). The Kier molecular flexibility index (Phi) is 6.39.